The van der Waals surface area contributed by atoms with Crippen molar-refractivity contribution in [3.63, 3.8) is 0 Å². The molecule has 0 atom stereocenters. The van der Waals surface area contributed by atoms with Crippen LogP contribution in [0.3, 0.4) is 0 Å². The van der Waals surface area contributed by atoms with E-state index in [4.69, 9.17) is 0 Å². The second-order valence-corrected chi connectivity index (χ2v) is 7.98. The first-order chi connectivity index (χ1) is 11.6. The van der Waals surface area contributed by atoms with E-state index in [0.29, 0.717) is 27.2 Å². The van der Waals surface area contributed by atoms with Crippen molar-refractivity contribution >= 4 is 45.5 Å². The molecular weight excluding hydrogens is 372 g/mol. The van der Waals surface area contributed by atoms with E-state index in [0.717, 1.165) is 10.9 Å². The number of amides is 1. The van der Waals surface area contributed by atoms with Gasteiger partial charge in [-0.2, -0.15) is 0 Å². The summed E-state index contributed by atoms with van der Waals surface area (Å²) in [7, 11) is 0. The van der Waals surface area contributed by atoms with E-state index in [1.807, 2.05) is 17.5 Å². The highest BCUT2D eigenvalue weighted by molar-refractivity contribution is 8.00. The zero-order valence-corrected chi connectivity index (χ0v) is 14.6. The summed E-state index contributed by atoms with van der Waals surface area (Å²) in [6.45, 7) is 0. The van der Waals surface area contributed by atoms with E-state index in [9.17, 15) is 13.6 Å². The number of halogens is 2. The van der Waals surface area contributed by atoms with Crippen LogP contribution in [0.15, 0.2) is 40.1 Å². The topological polar surface area (TPSA) is 54.9 Å². The summed E-state index contributed by atoms with van der Waals surface area (Å²) >= 11 is 4.05. The van der Waals surface area contributed by atoms with Crippen molar-refractivity contribution in [3.05, 3.63) is 57.8 Å². The van der Waals surface area contributed by atoms with Gasteiger partial charge in [0.15, 0.2) is 4.34 Å². The Labute approximate surface area is 148 Å². The van der Waals surface area contributed by atoms with Gasteiger partial charge in [0.1, 0.15) is 11.6 Å². The molecule has 24 heavy (non-hydrogen) atoms. The zero-order chi connectivity index (χ0) is 16.9. The van der Waals surface area contributed by atoms with Crippen LogP contribution < -0.4 is 5.32 Å². The quantitative estimate of drug-likeness (QED) is 0.508. The number of carbonyl (C=O) groups is 1. The number of carbonyl (C=O) groups excluding carboxylic acids is 1. The van der Waals surface area contributed by atoms with Crippen molar-refractivity contribution in [2.24, 2.45) is 0 Å². The number of nitrogens with zero attached hydrogens (tertiary/aromatic N) is 2. The summed E-state index contributed by atoms with van der Waals surface area (Å²) in [5.41, 5.74) is 0.524. The van der Waals surface area contributed by atoms with Gasteiger partial charge in [-0.15, -0.1) is 21.5 Å². The van der Waals surface area contributed by atoms with Crippen LogP contribution in [-0.4, -0.2) is 16.1 Å². The maximum atomic E-state index is 13.1. The molecule has 2 heterocycles. The van der Waals surface area contributed by atoms with Gasteiger partial charge in [-0.05, 0) is 29.1 Å². The van der Waals surface area contributed by atoms with Crippen LogP contribution in [0.4, 0.5) is 13.9 Å². The standard InChI is InChI=1S/C15H11F2N3OS3/c16-10-4-9(5-11(17)6-10)8-23-15-20-19-14(24-15)18-13(21)7-12-2-1-3-22-12/h1-6H,7-8H2,(H,18,19,21). The fraction of sp³-hybridized carbons (Fsp3) is 0.133. The van der Waals surface area contributed by atoms with Crippen LogP contribution in [0.2, 0.25) is 0 Å². The first-order valence-electron chi connectivity index (χ1n) is 6.82. The summed E-state index contributed by atoms with van der Waals surface area (Å²) in [6.07, 6.45) is 0.294. The van der Waals surface area contributed by atoms with Crippen LogP contribution in [0.1, 0.15) is 10.4 Å². The van der Waals surface area contributed by atoms with Crippen LogP contribution >= 0.6 is 34.4 Å². The second-order valence-electron chi connectivity index (χ2n) is 4.74. The third-order valence-electron chi connectivity index (χ3n) is 2.85. The average molecular weight is 383 g/mol. The van der Waals surface area contributed by atoms with Gasteiger partial charge in [-0.25, -0.2) is 8.78 Å². The fourth-order valence-electron chi connectivity index (χ4n) is 1.89. The Bertz CT molecular complexity index is 816. The average Bonchev–Trinajstić information content (AvgIpc) is 3.16. The first kappa shape index (κ1) is 17.0. The number of hydrogen-bond donors (Lipinski definition) is 1. The lowest BCUT2D eigenvalue weighted by atomic mass is 10.2. The van der Waals surface area contributed by atoms with Gasteiger partial charge in [0.25, 0.3) is 0 Å². The number of thioether (sulfide) groups is 1. The van der Waals surface area contributed by atoms with E-state index in [-0.39, 0.29) is 5.91 Å². The van der Waals surface area contributed by atoms with E-state index >= 15 is 0 Å². The highest BCUT2D eigenvalue weighted by Gasteiger charge is 2.10. The lowest BCUT2D eigenvalue weighted by Crippen LogP contribution is -2.13. The van der Waals surface area contributed by atoms with Gasteiger partial charge in [0, 0.05) is 16.7 Å². The van der Waals surface area contributed by atoms with Crippen molar-refractivity contribution in [1.82, 2.24) is 10.2 Å². The molecule has 0 aliphatic carbocycles. The number of nitrogens with one attached hydrogen (secondary N) is 1. The summed E-state index contributed by atoms with van der Waals surface area (Å²) < 4.78 is 26.9. The molecule has 0 saturated heterocycles. The molecule has 124 valence electrons. The first-order valence-corrected chi connectivity index (χ1v) is 9.50. The summed E-state index contributed by atoms with van der Waals surface area (Å²) in [5, 5.41) is 12.9. The molecule has 3 rings (SSSR count). The molecule has 4 nitrogen and oxygen atoms in total. The Kier molecular flexibility index (Phi) is 5.54. The van der Waals surface area contributed by atoms with Crippen molar-refractivity contribution in [1.29, 1.82) is 0 Å². The van der Waals surface area contributed by atoms with E-state index in [1.165, 1.54) is 46.6 Å². The van der Waals surface area contributed by atoms with E-state index < -0.39 is 11.6 Å². The number of rotatable bonds is 6. The highest BCUT2D eigenvalue weighted by Crippen LogP contribution is 2.28. The lowest BCUT2D eigenvalue weighted by molar-refractivity contribution is -0.115. The Morgan fingerprint density at radius 2 is 2.00 bits per heavy atom. The fourth-order valence-corrected chi connectivity index (χ4v) is 4.29. The molecule has 3 aromatic rings. The minimum Gasteiger partial charge on any atom is -0.300 e. The van der Waals surface area contributed by atoms with Gasteiger partial charge < -0.3 is 5.32 Å². The number of anilines is 1. The molecule has 0 aliphatic rings. The largest absolute Gasteiger partial charge is 0.300 e. The summed E-state index contributed by atoms with van der Waals surface area (Å²) in [4.78, 5) is 12.9. The van der Waals surface area contributed by atoms with Crippen molar-refractivity contribution < 1.29 is 13.6 Å². The molecule has 0 fully saturated rings. The van der Waals surface area contributed by atoms with Gasteiger partial charge in [-0.1, -0.05) is 29.2 Å². The van der Waals surface area contributed by atoms with Crippen LogP contribution in [-0.2, 0) is 17.0 Å². The molecule has 0 saturated carbocycles. The SMILES string of the molecule is O=C(Cc1cccs1)Nc1nnc(SCc2cc(F)cc(F)c2)s1. The third kappa shape index (κ3) is 4.83. The smallest absolute Gasteiger partial charge is 0.231 e. The van der Waals surface area contributed by atoms with Gasteiger partial charge >= 0.3 is 0 Å². The maximum Gasteiger partial charge on any atom is 0.231 e. The zero-order valence-electron chi connectivity index (χ0n) is 12.2. The molecule has 9 heteroatoms. The molecule has 1 amide bonds. The Morgan fingerprint density at radius 3 is 2.71 bits per heavy atom. The van der Waals surface area contributed by atoms with Crippen molar-refractivity contribution in [2.75, 3.05) is 5.32 Å². The van der Waals surface area contributed by atoms with Gasteiger partial charge in [-0.3, -0.25) is 4.79 Å². The molecule has 0 spiro atoms. The van der Waals surface area contributed by atoms with Gasteiger partial charge in [0.05, 0.1) is 6.42 Å². The predicted molar refractivity (Wildman–Crippen MR) is 92.5 cm³/mol. The monoisotopic (exact) mass is 383 g/mol. The van der Waals surface area contributed by atoms with Crippen molar-refractivity contribution in [2.45, 2.75) is 16.5 Å². The Hall–Kier alpha value is -1.84. The molecule has 1 aromatic carbocycles. The minimum absolute atomic E-state index is 0.155. The molecule has 2 aromatic heterocycles. The number of benzene rings is 1. The van der Waals surface area contributed by atoms with Crippen molar-refractivity contribution in [3.8, 4) is 0 Å². The maximum absolute atomic E-state index is 13.1. The molecule has 0 aliphatic heterocycles. The number of hydrogen-bond acceptors (Lipinski definition) is 6. The number of aromatic nitrogens is 2. The predicted octanol–water partition coefficient (Wildman–Crippen LogP) is 4.35. The number of thiophene rings is 1. The van der Waals surface area contributed by atoms with Gasteiger partial charge in [0.2, 0.25) is 11.0 Å². The van der Waals surface area contributed by atoms with E-state index in [2.05, 4.69) is 15.5 Å². The summed E-state index contributed by atoms with van der Waals surface area (Å²) in [5.74, 6) is -1.00. The molecule has 0 bridgehead atoms. The molecule has 1 N–H and O–H groups in total. The van der Waals surface area contributed by atoms with Crippen LogP contribution in [0.25, 0.3) is 0 Å². The second kappa shape index (κ2) is 7.82. The van der Waals surface area contributed by atoms with Crippen LogP contribution in [0.5, 0.6) is 0 Å². The molecule has 0 unspecified atom stereocenters. The molecule has 0 radical (unpaired) electrons. The lowest BCUT2D eigenvalue weighted by Gasteiger charge is -2.00. The minimum atomic E-state index is -0.607. The Morgan fingerprint density at radius 1 is 1.21 bits per heavy atom. The van der Waals surface area contributed by atoms with E-state index in [1.54, 1.807) is 0 Å². The summed E-state index contributed by atoms with van der Waals surface area (Å²) in [6, 6.07) is 7.17. The third-order valence-corrected chi connectivity index (χ3v) is 5.77. The Balaban J connectivity index is 1.54. The molecular formula is C15H11F2N3OS3. The van der Waals surface area contributed by atoms with Crippen LogP contribution in [0, 0.1) is 11.6 Å². The normalized spacial score (nSPS) is 10.8. The highest BCUT2D eigenvalue weighted by atomic mass is 32.2.